The van der Waals surface area contributed by atoms with Crippen LogP contribution in [-0.4, -0.2) is 4.57 Å². The molecule has 4 heteroatoms. The van der Waals surface area contributed by atoms with Gasteiger partial charge in [-0.25, -0.2) is 0 Å². The second-order valence-electron chi connectivity index (χ2n) is 13.0. The van der Waals surface area contributed by atoms with Crippen molar-refractivity contribution in [1.82, 2.24) is 15.2 Å². The Labute approximate surface area is 294 Å². The maximum atomic E-state index is 3.92. The van der Waals surface area contributed by atoms with Gasteiger partial charge in [0.2, 0.25) is 0 Å². The van der Waals surface area contributed by atoms with Gasteiger partial charge in [0.25, 0.3) is 0 Å². The van der Waals surface area contributed by atoms with Gasteiger partial charge < -0.3 is 9.88 Å². The third kappa shape index (κ3) is 4.84. The number of aromatic nitrogens is 1. The van der Waals surface area contributed by atoms with Gasteiger partial charge in [0, 0.05) is 30.9 Å². The molecule has 2 aromatic heterocycles. The van der Waals surface area contributed by atoms with Gasteiger partial charge in [0.15, 0.2) is 6.29 Å². The Morgan fingerprint density at radius 2 is 1.14 bits per heavy atom. The largest absolute Gasteiger partial charge is 0.359 e. The summed E-state index contributed by atoms with van der Waals surface area (Å²) in [6.45, 7) is 0. The number of thiophene rings is 1. The Morgan fingerprint density at radius 3 is 2.00 bits per heavy atom. The molecule has 0 fully saturated rings. The van der Waals surface area contributed by atoms with Crippen molar-refractivity contribution >= 4 is 53.3 Å². The molecule has 3 heterocycles. The molecule has 238 valence electrons. The van der Waals surface area contributed by atoms with Crippen molar-refractivity contribution in [3.8, 4) is 33.4 Å². The summed E-state index contributed by atoms with van der Waals surface area (Å²) in [5.74, 6) is 0. The molecule has 3 nitrogen and oxygen atoms in total. The fourth-order valence-electron chi connectivity index (χ4n) is 7.69. The first-order valence-corrected chi connectivity index (χ1v) is 18.0. The number of rotatable bonds is 5. The zero-order chi connectivity index (χ0) is 33.0. The Balaban J connectivity index is 1.01. The molecule has 0 bridgehead atoms. The smallest absolute Gasteiger partial charge is 0.160 e. The van der Waals surface area contributed by atoms with Gasteiger partial charge >= 0.3 is 0 Å². The van der Waals surface area contributed by atoms with E-state index in [2.05, 4.69) is 191 Å². The topological polar surface area (TPSA) is 29.0 Å². The molecule has 0 aliphatic carbocycles. The molecule has 2 unspecified atom stereocenters. The average molecular weight is 660 g/mol. The molecule has 9 aromatic rings. The Morgan fingerprint density at radius 1 is 0.480 bits per heavy atom. The minimum Gasteiger partial charge on any atom is -0.359 e. The van der Waals surface area contributed by atoms with Gasteiger partial charge in [-0.3, -0.25) is 5.32 Å². The Kier molecular flexibility index (Phi) is 6.90. The lowest BCUT2D eigenvalue weighted by atomic mass is 9.97. The van der Waals surface area contributed by atoms with Gasteiger partial charge in [-0.15, -0.1) is 11.3 Å². The van der Waals surface area contributed by atoms with Crippen molar-refractivity contribution in [3.05, 3.63) is 182 Å². The minimum absolute atomic E-state index is 0.0534. The number of nitrogens with zero attached hydrogens (tertiary/aromatic N) is 1. The van der Waals surface area contributed by atoms with Crippen LogP contribution >= 0.6 is 11.3 Å². The monoisotopic (exact) mass is 659 g/mol. The number of para-hydroxylation sites is 1. The summed E-state index contributed by atoms with van der Waals surface area (Å²) in [7, 11) is 0. The van der Waals surface area contributed by atoms with E-state index in [0.717, 1.165) is 0 Å². The van der Waals surface area contributed by atoms with Crippen LogP contribution in [0.15, 0.2) is 176 Å². The molecule has 10 rings (SSSR count). The van der Waals surface area contributed by atoms with E-state index < -0.39 is 0 Å². The van der Waals surface area contributed by atoms with Crippen molar-refractivity contribution < 1.29 is 0 Å². The highest BCUT2D eigenvalue weighted by molar-refractivity contribution is 7.26. The summed E-state index contributed by atoms with van der Waals surface area (Å²) in [6.07, 6.45) is 4.18. The molecule has 0 saturated heterocycles. The van der Waals surface area contributed by atoms with Crippen LogP contribution in [0, 0.1) is 0 Å². The summed E-state index contributed by atoms with van der Waals surface area (Å²) in [5, 5.41) is 12.7. The highest BCUT2D eigenvalue weighted by Gasteiger charge is 2.24. The lowest BCUT2D eigenvalue weighted by molar-refractivity contribution is 0.342. The molecule has 1 aliphatic heterocycles. The Hall–Kier alpha value is -5.94. The number of benzene rings is 7. The van der Waals surface area contributed by atoms with Crippen LogP contribution < -0.4 is 10.6 Å². The maximum absolute atomic E-state index is 3.92. The minimum atomic E-state index is -0.134. The fraction of sp³-hybridized carbons (Fsp3) is 0.0435. The van der Waals surface area contributed by atoms with Crippen LogP contribution in [0.2, 0.25) is 0 Å². The predicted octanol–water partition coefficient (Wildman–Crippen LogP) is 12.1. The van der Waals surface area contributed by atoms with Crippen molar-refractivity contribution in [2.45, 2.75) is 12.3 Å². The highest BCUT2D eigenvalue weighted by atomic mass is 32.1. The first kappa shape index (κ1) is 29.0. The summed E-state index contributed by atoms with van der Waals surface area (Å²) < 4.78 is 5.09. The van der Waals surface area contributed by atoms with Crippen LogP contribution in [0.1, 0.15) is 17.9 Å². The molecule has 0 radical (unpaired) electrons. The molecule has 0 amide bonds. The third-order valence-electron chi connectivity index (χ3n) is 10.1. The number of fused-ring (bicyclic) bond motifs is 6. The second-order valence-corrected chi connectivity index (χ2v) is 14.1. The number of nitrogens with one attached hydrogen (secondary N) is 2. The molecule has 50 heavy (non-hydrogen) atoms. The van der Waals surface area contributed by atoms with E-state index in [1.807, 2.05) is 11.3 Å². The molecule has 2 atom stereocenters. The van der Waals surface area contributed by atoms with Crippen LogP contribution in [0.5, 0.6) is 0 Å². The van der Waals surface area contributed by atoms with Gasteiger partial charge in [-0.2, -0.15) is 0 Å². The van der Waals surface area contributed by atoms with Crippen LogP contribution in [-0.2, 0) is 0 Å². The van der Waals surface area contributed by atoms with Crippen molar-refractivity contribution in [2.24, 2.45) is 0 Å². The molecule has 0 saturated carbocycles. The number of hydrogen-bond acceptors (Lipinski definition) is 3. The normalized spacial score (nSPS) is 16.0. The second kappa shape index (κ2) is 11.9. The van der Waals surface area contributed by atoms with E-state index in [1.165, 1.54) is 80.9 Å². The number of hydrogen-bond donors (Lipinski definition) is 2. The average Bonchev–Trinajstić information content (AvgIpc) is 3.74. The van der Waals surface area contributed by atoms with E-state index in [4.69, 9.17) is 0 Å². The van der Waals surface area contributed by atoms with Crippen molar-refractivity contribution in [2.75, 3.05) is 0 Å². The molecule has 2 N–H and O–H groups in total. The van der Waals surface area contributed by atoms with E-state index in [1.54, 1.807) is 0 Å². The summed E-state index contributed by atoms with van der Waals surface area (Å²) >= 11 is 1.88. The molecular weight excluding hydrogens is 627 g/mol. The quantitative estimate of drug-likeness (QED) is 0.193. The van der Waals surface area contributed by atoms with Gasteiger partial charge in [0.05, 0.1) is 17.1 Å². The van der Waals surface area contributed by atoms with Gasteiger partial charge in [-0.1, -0.05) is 140 Å². The van der Waals surface area contributed by atoms with Gasteiger partial charge in [0.1, 0.15) is 0 Å². The summed E-state index contributed by atoms with van der Waals surface area (Å²) in [5.41, 5.74) is 11.0. The van der Waals surface area contributed by atoms with E-state index in [-0.39, 0.29) is 12.3 Å². The predicted molar refractivity (Wildman–Crippen MR) is 212 cm³/mol. The van der Waals surface area contributed by atoms with Crippen LogP contribution in [0.25, 0.3) is 75.4 Å². The Bertz CT molecular complexity index is 2720. The maximum Gasteiger partial charge on any atom is 0.160 e. The van der Waals surface area contributed by atoms with Crippen LogP contribution in [0.3, 0.4) is 0 Å². The summed E-state index contributed by atoms with van der Waals surface area (Å²) in [4.78, 5) is 0. The standard InChI is InChI=1S/C46H33N3S/c1-2-10-30(11-3-1)33-12-8-13-34(28-33)31-20-22-32(23-21-31)41-26-27-47-46(48-41)49-42-18-6-4-14-37(42)38-25-24-35(29-43(38)49)36-16-9-17-40-39-15-5-7-19-44(39)50-45(36)40/h1-29,41,46-48H. The van der Waals surface area contributed by atoms with Crippen molar-refractivity contribution in [3.63, 3.8) is 0 Å². The van der Waals surface area contributed by atoms with E-state index >= 15 is 0 Å². The highest BCUT2D eigenvalue weighted by Crippen LogP contribution is 2.42. The van der Waals surface area contributed by atoms with E-state index in [0.29, 0.717) is 0 Å². The SMILES string of the molecule is C1=CC(c2ccc(-c3cccc(-c4ccccc4)c3)cc2)NC(n2c3ccccc3c3ccc(-c4cccc5c4sc4ccccc45)cc32)N1. The van der Waals surface area contributed by atoms with Gasteiger partial charge in [-0.05, 0) is 75.5 Å². The zero-order valence-corrected chi connectivity index (χ0v) is 28.1. The van der Waals surface area contributed by atoms with Crippen LogP contribution in [0.4, 0.5) is 0 Å². The van der Waals surface area contributed by atoms with E-state index in [9.17, 15) is 0 Å². The summed E-state index contributed by atoms with van der Waals surface area (Å²) in [6, 6.07) is 59.6. The molecule has 7 aromatic carbocycles. The molecular formula is C46H33N3S. The molecule has 0 spiro atoms. The first-order valence-electron chi connectivity index (χ1n) is 17.2. The fourth-order valence-corrected chi connectivity index (χ4v) is 8.92. The lowest BCUT2D eigenvalue weighted by Gasteiger charge is -2.31. The van der Waals surface area contributed by atoms with Crippen molar-refractivity contribution in [1.29, 1.82) is 0 Å². The third-order valence-corrected chi connectivity index (χ3v) is 11.4. The zero-order valence-electron chi connectivity index (χ0n) is 27.3. The lowest BCUT2D eigenvalue weighted by Crippen LogP contribution is -2.40. The molecule has 1 aliphatic rings. The first-order chi connectivity index (χ1) is 24.8.